The van der Waals surface area contributed by atoms with Crippen LogP contribution in [0.4, 0.5) is 0 Å². The Kier molecular flexibility index (Phi) is 4.37. The zero-order valence-corrected chi connectivity index (χ0v) is 12.3. The van der Waals surface area contributed by atoms with E-state index in [0.717, 1.165) is 5.46 Å². The number of allylic oxidation sites excluding steroid dienone is 6. The number of nitriles is 1. The molecule has 104 valence electrons. The third kappa shape index (κ3) is 3.27. The summed E-state index contributed by atoms with van der Waals surface area (Å²) in [5.41, 5.74) is 4.74. The third-order valence-corrected chi connectivity index (χ3v) is 3.84. The molecule has 0 bridgehead atoms. The predicted molar refractivity (Wildman–Crippen MR) is 94.4 cm³/mol. The Balaban J connectivity index is 1.80. The van der Waals surface area contributed by atoms with E-state index in [9.17, 15) is 0 Å². The van der Waals surface area contributed by atoms with E-state index in [2.05, 4.69) is 66.7 Å². The molecule has 0 atom stereocenters. The van der Waals surface area contributed by atoms with Crippen LogP contribution in [0.2, 0.25) is 0 Å². The summed E-state index contributed by atoms with van der Waals surface area (Å²) in [5, 5.41) is 8.71. The van der Waals surface area contributed by atoms with Crippen molar-refractivity contribution in [1.29, 1.82) is 5.26 Å². The second-order valence-electron chi connectivity index (χ2n) is 5.33. The van der Waals surface area contributed by atoms with Crippen LogP contribution in [0.15, 0.2) is 85.0 Å². The van der Waals surface area contributed by atoms with Gasteiger partial charge in [-0.25, -0.2) is 5.26 Å². The van der Waals surface area contributed by atoms with Crippen molar-refractivity contribution in [2.45, 2.75) is 5.92 Å². The maximum absolute atomic E-state index is 8.71. The summed E-state index contributed by atoms with van der Waals surface area (Å²) in [6, 6.07) is 16.9. The maximum Gasteiger partial charge on any atom is 0.282 e. The smallest absolute Gasteiger partial charge is 0.213 e. The summed E-state index contributed by atoms with van der Waals surface area (Å²) in [5.74, 6) is 2.51. The Morgan fingerprint density at radius 3 is 1.82 bits per heavy atom. The van der Waals surface area contributed by atoms with E-state index in [1.54, 1.807) is 0 Å². The Labute approximate surface area is 132 Å². The number of hydrogen-bond acceptors (Lipinski definition) is 1. The van der Waals surface area contributed by atoms with Crippen molar-refractivity contribution in [3.63, 3.8) is 0 Å². The summed E-state index contributed by atoms with van der Waals surface area (Å²) in [7, 11) is 0.466. The van der Waals surface area contributed by atoms with Crippen LogP contribution in [0.5, 0.6) is 0 Å². The average Bonchev–Trinajstić information content (AvgIpc) is 2.85. The summed E-state index contributed by atoms with van der Waals surface area (Å²) >= 11 is 0. The molecule has 0 unspecified atom stereocenters. The van der Waals surface area contributed by atoms with Gasteiger partial charge < -0.3 is 0 Å². The minimum Gasteiger partial charge on any atom is -0.213 e. The standard InChI is InChI=1S/C20H16BN/c22-15-21-20-13-11-19(12-14-20)18-9-7-17(8-10-18)16-5-3-1-2-4-6-16/h1-14,16,21H. The van der Waals surface area contributed by atoms with Gasteiger partial charge in [-0.2, -0.15) is 0 Å². The van der Waals surface area contributed by atoms with Gasteiger partial charge in [-0.1, -0.05) is 90.4 Å². The van der Waals surface area contributed by atoms with E-state index in [1.807, 2.05) is 24.3 Å². The molecule has 0 heterocycles. The van der Waals surface area contributed by atoms with Gasteiger partial charge in [0.1, 0.15) is 0 Å². The number of benzene rings is 2. The first-order valence-electron chi connectivity index (χ1n) is 7.45. The first kappa shape index (κ1) is 14.2. The highest BCUT2D eigenvalue weighted by Crippen LogP contribution is 2.24. The lowest BCUT2D eigenvalue weighted by Gasteiger charge is -2.09. The molecule has 22 heavy (non-hydrogen) atoms. The number of rotatable bonds is 3. The monoisotopic (exact) mass is 281 g/mol. The second-order valence-corrected chi connectivity index (χ2v) is 5.33. The van der Waals surface area contributed by atoms with E-state index in [0.29, 0.717) is 13.2 Å². The molecule has 3 rings (SSSR count). The molecule has 0 aliphatic heterocycles. The van der Waals surface area contributed by atoms with Gasteiger partial charge in [-0.15, -0.1) is 0 Å². The average molecular weight is 281 g/mol. The molecule has 1 nitrogen and oxygen atoms in total. The lowest BCUT2D eigenvalue weighted by molar-refractivity contribution is 1.09. The molecule has 0 fully saturated rings. The van der Waals surface area contributed by atoms with Crippen molar-refractivity contribution in [1.82, 2.24) is 0 Å². The highest BCUT2D eigenvalue weighted by Gasteiger charge is 2.05. The van der Waals surface area contributed by atoms with Crippen LogP contribution in [0.3, 0.4) is 0 Å². The Hall–Kier alpha value is -2.79. The first-order valence-corrected chi connectivity index (χ1v) is 7.45. The van der Waals surface area contributed by atoms with Crippen LogP contribution >= 0.6 is 0 Å². The van der Waals surface area contributed by atoms with E-state index >= 15 is 0 Å². The molecule has 0 radical (unpaired) electrons. The van der Waals surface area contributed by atoms with Gasteiger partial charge in [-0.3, -0.25) is 0 Å². The number of nitrogens with zero attached hydrogens (tertiary/aromatic N) is 1. The minimum atomic E-state index is 0.335. The van der Waals surface area contributed by atoms with Gasteiger partial charge in [0.15, 0.2) is 0 Å². The molecule has 0 N–H and O–H groups in total. The van der Waals surface area contributed by atoms with Crippen LogP contribution in [-0.2, 0) is 0 Å². The summed E-state index contributed by atoms with van der Waals surface area (Å²) in [6.07, 6.45) is 12.7. The molecule has 2 aromatic rings. The highest BCUT2D eigenvalue weighted by molar-refractivity contribution is 6.61. The quantitative estimate of drug-likeness (QED) is 0.788. The Morgan fingerprint density at radius 2 is 1.27 bits per heavy atom. The molecule has 0 spiro atoms. The topological polar surface area (TPSA) is 23.8 Å². The molecule has 0 amide bonds. The van der Waals surface area contributed by atoms with E-state index in [1.165, 1.54) is 16.7 Å². The lowest BCUT2D eigenvalue weighted by atomic mass is 9.72. The van der Waals surface area contributed by atoms with Gasteiger partial charge in [0.25, 0.3) is 7.28 Å². The molecule has 0 saturated carbocycles. The first-order chi connectivity index (χ1) is 10.9. The van der Waals surface area contributed by atoms with Gasteiger partial charge in [0, 0.05) is 11.9 Å². The van der Waals surface area contributed by atoms with Crippen LogP contribution in [0.1, 0.15) is 11.5 Å². The molecule has 1 aliphatic rings. The van der Waals surface area contributed by atoms with Crippen molar-refractivity contribution in [3.8, 4) is 17.1 Å². The third-order valence-electron chi connectivity index (χ3n) is 3.84. The Morgan fingerprint density at radius 1 is 0.727 bits per heavy atom. The second kappa shape index (κ2) is 6.78. The van der Waals surface area contributed by atoms with Crippen molar-refractivity contribution in [3.05, 3.63) is 90.6 Å². The minimum absolute atomic E-state index is 0.335. The van der Waals surface area contributed by atoms with E-state index in [4.69, 9.17) is 5.26 Å². The summed E-state index contributed by atoms with van der Waals surface area (Å²) < 4.78 is 0. The number of hydrogen-bond donors (Lipinski definition) is 0. The van der Waals surface area contributed by atoms with Gasteiger partial charge in [0.2, 0.25) is 0 Å². The van der Waals surface area contributed by atoms with E-state index in [-0.39, 0.29) is 0 Å². The molecule has 2 aromatic carbocycles. The molecular formula is C20H16BN. The van der Waals surface area contributed by atoms with Gasteiger partial charge >= 0.3 is 0 Å². The zero-order chi connectivity index (χ0) is 15.2. The van der Waals surface area contributed by atoms with Crippen molar-refractivity contribution < 1.29 is 0 Å². The fourth-order valence-electron chi connectivity index (χ4n) is 2.59. The van der Waals surface area contributed by atoms with Crippen LogP contribution in [0, 0.1) is 11.2 Å². The fraction of sp³-hybridized carbons (Fsp3) is 0.0500. The maximum atomic E-state index is 8.71. The van der Waals surface area contributed by atoms with Crippen LogP contribution in [-0.4, -0.2) is 7.28 Å². The lowest BCUT2D eigenvalue weighted by Crippen LogP contribution is -2.10. The zero-order valence-electron chi connectivity index (χ0n) is 12.3. The van der Waals surface area contributed by atoms with Crippen LogP contribution < -0.4 is 5.46 Å². The normalized spacial score (nSPS) is 13.6. The Bertz CT molecular complexity index is 743. The van der Waals surface area contributed by atoms with Gasteiger partial charge in [-0.05, 0) is 16.7 Å². The summed E-state index contributed by atoms with van der Waals surface area (Å²) in [6.45, 7) is 0. The summed E-state index contributed by atoms with van der Waals surface area (Å²) in [4.78, 5) is 0. The highest BCUT2D eigenvalue weighted by atomic mass is 14.2. The molecule has 2 heteroatoms. The van der Waals surface area contributed by atoms with Crippen LogP contribution in [0.25, 0.3) is 11.1 Å². The van der Waals surface area contributed by atoms with Crippen molar-refractivity contribution in [2.75, 3.05) is 0 Å². The fourth-order valence-corrected chi connectivity index (χ4v) is 2.59. The SMILES string of the molecule is N#CBc1ccc(-c2ccc(C3C=CC=CC=C3)cc2)cc1. The predicted octanol–water partition coefficient (Wildman–Crippen LogP) is 3.66. The largest absolute Gasteiger partial charge is 0.282 e. The van der Waals surface area contributed by atoms with Gasteiger partial charge in [0.05, 0.1) is 0 Å². The molecular weight excluding hydrogens is 265 g/mol. The molecule has 1 aliphatic carbocycles. The van der Waals surface area contributed by atoms with Crippen molar-refractivity contribution >= 4 is 12.7 Å². The molecule has 0 saturated heterocycles. The van der Waals surface area contributed by atoms with E-state index < -0.39 is 0 Å². The molecule has 0 aromatic heterocycles. The van der Waals surface area contributed by atoms with Crippen molar-refractivity contribution in [2.24, 2.45) is 0 Å².